The van der Waals surface area contributed by atoms with Gasteiger partial charge in [-0.2, -0.15) is 0 Å². The Bertz CT molecular complexity index is 476. The molecule has 6 heteroatoms. The largest absolute Gasteiger partial charge is 0.479 e. The van der Waals surface area contributed by atoms with Crippen LogP contribution in [-0.4, -0.2) is 45.5 Å². The van der Waals surface area contributed by atoms with Crippen LogP contribution >= 0.6 is 0 Å². The summed E-state index contributed by atoms with van der Waals surface area (Å²) in [6, 6.07) is -0.490. The zero-order valence-electron chi connectivity index (χ0n) is 15.5. The zero-order chi connectivity index (χ0) is 18.1. The van der Waals surface area contributed by atoms with Gasteiger partial charge in [-0.15, -0.1) is 0 Å². The summed E-state index contributed by atoms with van der Waals surface area (Å²) in [6.45, 7) is 8.88. The first-order chi connectivity index (χ1) is 11.0. The Balaban J connectivity index is 2.23. The van der Waals surface area contributed by atoms with E-state index in [1.165, 1.54) is 24.2 Å². The van der Waals surface area contributed by atoms with Crippen molar-refractivity contribution in [2.45, 2.75) is 96.6 Å². The van der Waals surface area contributed by atoms with Crippen LogP contribution in [0.1, 0.15) is 73.1 Å². The summed E-state index contributed by atoms with van der Waals surface area (Å²) in [5.41, 5.74) is -1.63. The molecule has 1 heterocycles. The summed E-state index contributed by atoms with van der Waals surface area (Å²) in [5, 5.41) is 9.57. The second-order valence-electron chi connectivity index (χ2n) is 8.48. The second-order valence-corrected chi connectivity index (χ2v) is 8.48. The van der Waals surface area contributed by atoms with E-state index in [1.807, 2.05) is 0 Å². The van der Waals surface area contributed by atoms with Gasteiger partial charge < -0.3 is 14.6 Å². The van der Waals surface area contributed by atoms with Gasteiger partial charge in [0.25, 0.3) is 0 Å². The maximum atomic E-state index is 12.7. The fourth-order valence-electron chi connectivity index (χ4n) is 3.86. The smallest absolute Gasteiger partial charge is 0.412 e. The lowest BCUT2D eigenvalue weighted by Gasteiger charge is -2.36. The predicted molar refractivity (Wildman–Crippen MR) is 89.6 cm³/mol. The maximum absolute atomic E-state index is 12.7. The first kappa shape index (κ1) is 19.0. The van der Waals surface area contributed by atoms with Crippen molar-refractivity contribution < 1.29 is 24.2 Å². The minimum atomic E-state index is -1.02. The molecule has 2 aliphatic rings. The minimum absolute atomic E-state index is 0.438. The predicted octanol–water partition coefficient (Wildman–Crippen LogP) is 3.78. The molecule has 0 unspecified atom stereocenters. The molecule has 0 aromatic carbocycles. The molecule has 6 nitrogen and oxygen atoms in total. The Morgan fingerprint density at radius 2 is 1.79 bits per heavy atom. The highest BCUT2D eigenvalue weighted by atomic mass is 16.6. The fraction of sp³-hybridized carbons (Fsp3) is 0.889. The van der Waals surface area contributed by atoms with Crippen LogP contribution in [0.25, 0.3) is 0 Å². The van der Waals surface area contributed by atoms with E-state index >= 15 is 0 Å². The van der Waals surface area contributed by atoms with Gasteiger partial charge in [0.1, 0.15) is 11.3 Å². The van der Waals surface area contributed by atoms with Gasteiger partial charge in [0.2, 0.25) is 0 Å². The molecule has 0 bridgehead atoms. The van der Waals surface area contributed by atoms with Crippen molar-refractivity contribution in [2.24, 2.45) is 5.92 Å². The molecule has 2 atom stereocenters. The lowest BCUT2D eigenvalue weighted by Crippen LogP contribution is -2.51. The number of ether oxygens (including phenoxy) is 2. The SMILES string of the molecule is CC(C)(C)OC(=O)N1[C@@H](CC2CCCCC2)[C@H](C(=O)O)OC1(C)C. The number of amides is 1. The molecule has 1 aliphatic heterocycles. The monoisotopic (exact) mass is 341 g/mol. The molecular formula is C18H31NO5. The normalized spacial score (nSPS) is 28.0. The average molecular weight is 341 g/mol. The second kappa shape index (κ2) is 6.90. The van der Waals surface area contributed by atoms with Gasteiger partial charge in [0, 0.05) is 0 Å². The van der Waals surface area contributed by atoms with Gasteiger partial charge in [0.05, 0.1) is 6.04 Å². The van der Waals surface area contributed by atoms with Gasteiger partial charge in [-0.25, -0.2) is 9.59 Å². The summed E-state index contributed by atoms with van der Waals surface area (Å²) >= 11 is 0. The number of hydrogen-bond acceptors (Lipinski definition) is 4. The van der Waals surface area contributed by atoms with E-state index in [-0.39, 0.29) is 0 Å². The number of hydrogen-bond donors (Lipinski definition) is 1. The molecular weight excluding hydrogens is 310 g/mol. The van der Waals surface area contributed by atoms with Crippen molar-refractivity contribution in [3.8, 4) is 0 Å². The van der Waals surface area contributed by atoms with E-state index in [2.05, 4.69) is 0 Å². The van der Waals surface area contributed by atoms with Crippen LogP contribution in [0.4, 0.5) is 4.79 Å². The molecule has 0 radical (unpaired) electrons. The summed E-state index contributed by atoms with van der Waals surface area (Å²) in [5.74, 6) is -0.581. The quantitative estimate of drug-likeness (QED) is 0.845. The third-order valence-electron chi connectivity index (χ3n) is 4.81. The Hall–Kier alpha value is -1.30. The van der Waals surface area contributed by atoms with Crippen LogP contribution in [0.5, 0.6) is 0 Å². The van der Waals surface area contributed by atoms with Crippen LogP contribution in [-0.2, 0) is 14.3 Å². The van der Waals surface area contributed by atoms with E-state index in [0.29, 0.717) is 12.3 Å². The standard InChI is InChI=1S/C18H31NO5/c1-17(2,3)24-16(22)19-13(11-12-9-7-6-8-10-12)14(15(20)21)23-18(19,4)5/h12-14H,6-11H2,1-5H3,(H,20,21)/t13-,14+/m0/s1. The summed E-state index contributed by atoms with van der Waals surface area (Å²) in [4.78, 5) is 25.9. The molecule has 1 saturated carbocycles. The van der Waals surface area contributed by atoms with Gasteiger partial charge in [-0.05, 0) is 47.0 Å². The topological polar surface area (TPSA) is 76.1 Å². The van der Waals surface area contributed by atoms with E-state index in [4.69, 9.17) is 9.47 Å². The number of rotatable bonds is 3. The third-order valence-corrected chi connectivity index (χ3v) is 4.81. The molecule has 1 aliphatic carbocycles. The molecule has 0 aromatic heterocycles. The van der Waals surface area contributed by atoms with Crippen molar-refractivity contribution in [2.75, 3.05) is 0 Å². The molecule has 1 N–H and O–H groups in total. The van der Waals surface area contributed by atoms with Gasteiger partial charge >= 0.3 is 12.1 Å². The number of nitrogens with zero attached hydrogens (tertiary/aromatic N) is 1. The number of carboxylic acids is 1. The number of carbonyl (C=O) groups excluding carboxylic acids is 1. The number of aliphatic carboxylic acids is 1. The number of carboxylic acid groups (broad SMARTS) is 1. The van der Waals surface area contributed by atoms with Crippen molar-refractivity contribution in [1.29, 1.82) is 0 Å². The van der Waals surface area contributed by atoms with Crippen molar-refractivity contribution in [1.82, 2.24) is 4.90 Å². The Kier molecular flexibility index (Phi) is 5.47. The van der Waals surface area contributed by atoms with Gasteiger partial charge in [-0.3, -0.25) is 4.90 Å². The summed E-state index contributed by atoms with van der Waals surface area (Å²) < 4.78 is 11.3. The molecule has 0 aromatic rings. The van der Waals surface area contributed by atoms with Crippen LogP contribution in [0.2, 0.25) is 0 Å². The lowest BCUT2D eigenvalue weighted by atomic mass is 9.83. The highest BCUT2D eigenvalue weighted by Gasteiger charge is 2.54. The van der Waals surface area contributed by atoms with E-state index < -0.39 is 35.5 Å². The van der Waals surface area contributed by atoms with Crippen LogP contribution < -0.4 is 0 Å². The first-order valence-corrected chi connectivity index (χ1v) is 8.94. The van der Waals surface area contributed by atoms with E-state index in [9.17, 15) is 14.7 Å². The Labute approximate surface area is 144 Å². The van der Waals surface area contributed by atoms with Gasteiger partial charge in [0.15, 0.2) is 6.10 Å². The van der Waals surface area contributed by atoms with Crippen molar-refractivity contribution in [3.63, 3.8) is 0 Å². The third kappa shape index (κ3) is 4.41. The summed E-state index contributed by atoms with van der Waals surface area (Å²) in [6.07, 6.45) is 4.90. The minimum Gasteiger partial charge on any atom is -0.479 e. The molecule has 2 rings (SSSR count). The van der Waals surface area contributed by atoms with Crippen LogP contribution in [0, 0.1) is 5.92 Å². The molecule has 138 valence electrons. The van der Waals surface area contributed by atoms with Crippen LogP contribution in [0.3, 0.4) is 0 Å². The summed E-state index contributed by atoms with van der Waals surface area (Å²) in [7, 11) is 0. The highest BCUT2D eigenvalue weighted by molar-refractivity contribution is 5.77. The molecule has 2 fully saturated rings. The highest BCUT2D eigenvalue weighted by Crippen LogP contribution is 2.39. The molecule has 24 heavy (non-hydrogen) atoms. The lowest BCUT2D eigenvalue weighted by molar-refractivity contribution is -0.155. The van der Waals surface area contributed by atoms with E-state index in [1.54, 1.807) is 34.6 Å². The Morgan fingerprint density at radius 3 is 2.29 bits per heavy atom. The number of carbonyl (C=O) groups is 2. The van der Waals surface area contributed by atoms with Crippen molar-refractivity contribution in [3.05, 3.63) is 0 Å². The first-order valence-electron chi connectivity index (χ1n) is 8.94. The molecule has 1 amide bonds. The van der Waals surface area contributed by atoms with E-state index in [0.717, 1.165) is 12.8 Å². The fourth-order valence-corrected chi connectivity index (χ4v) is 3.86. The van der Waals surface area contributed by atoms with Gasteiger partial charge in [-0.1, -0.05) is 32.1 Å². The Morgan fingerprint density at radius 1 is 1.21 bits per heavy atom. The average Bonchev–Trinajstić information content (AvgIpc) is 2.69. The maximum Gasteiger partial charge on any atom is 0.412 e. The van der Waals surface area contributed by atoms with Crippen LogP contribution in [0.15, 0.2) is 0 Å². The molecule has 0 spiro atoms. The molecule has 1 saturated heterocycles. The van der Waals surface area contributed by atoms with Crippen molar-refractivity contribution >= 4 is 12.1 Å². The zero-order valence-corrected chi connectivity index (χ0v) is 15.5.